The summed E-state index contributed by atoms with van der Waals surface area (Å²) in [6, 6.07) is 3.62. The molecule has 20 heavy (non-hydrogen) atoms. The summed E-state index contributed by atoms with van der Waals surface area (Å²) in [5, 5.41) is 10.8. The molecular weight excluding hydrogens is 304 g/mol. The Morgan fingerprint density at radius 2 is 2.10 bits per heavy atom. The molecule has 0 amide bonds. The van der Waals surface area contributed by atoms with Gasteiger partial charge in [0.2, 0.25) is 10.0 Å². The Kier molecular flexibility index (Phi) is 4.31. The molecule has 110 valence electrons. The van der Waals surface area contributed by atoms with Crippen molar-refractivity contribution in [2.75, 3.05) is 6.54 Å². The maximum absolute atomic E-state index is 12.6. The summed E-state index contributed by atoms with van der Waals surface area (Å²) in [5.41, 5.74) is -0.389. The van der Waals surface area contributed by atoms with Crippen LogP contribution in [0.25, 0.3) is 0 Å². The van der Waals surface area contributed by atoms with Crippen LogP contribution in [0.1, 0.15) is 26.2 Å². The van der Waals surface area contributed by atoms with Crippen molar-refractivity contribution in [2.45, 2.75) is 37.1 Å². The van der Waals surface area contributed by atoms with Crippen LogP contribution in [-0.2, 0) is 10.0 Å². The second-order valence-corrected chi connectivity index (χ2v) is 7.02. The number of nitro benzene ring substituents is 1. The summed E-state index contributed by atoms with van der Waals surface area (Å²) in [5.74, 6) is 0. The monoisotopic (exact) mass is 318 g/mol. The number of nitrogens with zero attached hydrogens (tertiary/aromatic N) is 2. The van der Waals surface area contributed by atoms with Crippen LogP contribution in [0.3, 0.4) is 0 Å². The summed E-state index contributed by atoms with van der Waals surface area (Å²) >= 11 is 5.71. The molecule has 0 N–H and O–H groups in total. The molecule has 0 bridgehead atoms. The summed E-state index contributed by atoms with van der Waals surface area (Å²) in [6.07, 6.45) is 2.38. The van der Waals surface area contributed by atoms with Gasteiger partial charge in [0.05, 0.1) is 9.82 Å². The van der Waals surface area contributed by atoms with Crippen LogP contribution in [0.5, 0.6) is 0 Å². The van der Waals surface area contributed by atoms with Gasteiger partial charge in [-0.2, -0.15) is 4.31 Å². The van der Waals surface area contributed by atoms with E-state index in [0.717, 1.165) is 18.9 Å². The zero-order chi connectivity index (χ0) is 14.9. The highest BCUT2D eigenvalue weighted by molar-refractivity contribution is 7.89. The number of sulfonamides is 1. The summed E-state index contributed by atoms with van der Waals surface area (Å²) in [6.45, 7) is 2.32. The predicted molar refractivity (Wildman–Crippen MR) is 75.3 cm³/mol. The van der Waals surface area contributed by atoms with Gasteiger partial charge in [0, 0.05) is 18.7 Å². The zero-order valence-corrected chi connectivity index (χ0v) is 12.5. The summed E-state index contributed by atoms with van der Waals surface area (Å²) in [4.78, 5) is 10.1. The number of hydrogen-bond donors (Lipinski definition) is 0. The SMILES string of the molecule is CCCN(C1CC1)S(=O)(=O)c1ccc(Cl)c([N+](=O)[O-])c1. The van der Waals surface area contributed by atoms with Gasteiger partial charge >= 0.3 is 0 Å². The van der Waals surface area contributed by atoms with E-state index in [2.05, 4.69) is 0 Å². The molecule has 1 aliphatic carbocycles. The Morgan fingerprint density at radius 3 is 2.60 bits per heavy atom. The molecule has 0 radical (unpaired) electrons. The third kappa shape index (κ3) is 2.94. The molecule has 0 unspecified atom stereocenters. The maximum atomic E-state index is 12.6. The van der Waals surface area contributed by atoms with E-state index in [1.165, 1.54) is 16.4 Å². The third-order valence-electron chi connectivity index (χ3n) is 3.12. The van der Waals surface area contributed by atoms with Crippen LogP contribution in [0.4, 0.5) is 5.69 Å². The molecule has 8 heteroatoms. The summed E-state index contributed by atoms with van der Waals surface area (Å²) in [7, 11) is -3.70. The molecule has 1 fully saturated rings. The Balaban J connectivity index is 2.42. The first-order chi connectivity index (χ1) is 9.37. The van der Waals surface area contributed by atoms with Crippen molar-refractivity contribution >= 4 is 27.3 Å². The van der Waals surface area contributed by atoms with Gasteiger partial charge in [0.15, 0.2) is 0 Å². The minimum Gasteiger partial charge on any atom is -0.258 e. The molecule has 0 aliphatic heterocycles. The van der Waals surface area contributed by atoms with Crippen molar-refractivity contribution in [3.05, 3.63) is 33.3 Å². The quantitative estimate of drug-likeness (QED) is 0.596. The van der Waals surface area contributed by atoms with E-state index < -0.39 is 14.9 Å². The van der Waals surface area contributed by atoms with Crippen LogP contribution in [0.2, 0.25) is 5.02 Å². The van der Waals surface area contributed by atoms with Crippen molar-refractivity contribution in [1.29, 1.82) is 0 Å². The van der Waals surface area contributed by atoms with E-state index in [4.69, 9.17) is 11.6 Å². The Labute approximate surface area is 122 Å². The molecule has 6 nitrogen and oxygen atoms in total. The van der Waals surface area contributed by atoms with Gasteiger partial charge in [-0.25, -0.2) is 8.42 Å². The Bertz CT molecular complexity index is 628. The Hall–Kier alpha value is -1.18. The van der Waals surface area contributed by atoms with E-state index in [1.807, 2.05) is 6.92 Å². The van der Waals surface area contributed by atoms with E-state index in [1.54, 1.807) is 0 Å². The fourth-order valence-corrected chi connectivity index (χ4v) is 3.99. The van der Waals surface area contributed by atoms with Gasteiger partial charge in [0.25, 0.3) is 5.69 Å². The molecule has 0 aromatic heterocycles. The molecule has 1 aliphatic rings. The average molecular weight is 319 g/mol. The van der Waals surface area contributed by atoms with E-state index in [0.29, 0.717) is 13.0 Å². The van der Waals surface area contributed by atoms with Crippen LogP contribution in [0, 0.1) is 10.1 Å². The molecule has 0 spiro atoms. The third-order valence-corrected chi connectivity index (χ3v) is 5.39. The lowest BCUT2D eigenvalue weighted by Gasteiger charge is -2.21. The first-order valence-corrected chi connectivity index (χ1v) is 8.15. The van der Waals surface area contributed by atoms with E-state index in [9.17, 15) is 18.5 Å². The maximum Gasteiger partial charge on any atom is 0.289 e. The number of hydrogen-bond acceptors (Lipinski definition) is 4. The van der Waals surface area contributed by atoms with Crippen LogP contribution in [0.15, 0.2) is 23.1 Å². The van der Waals surface area contributed by atoms with Gasteiger partial charge in [-0.15, -0.1) is 0 Å². The molecule has 1 aromatic carbocycles. The minimum absolute atomic E-state index is 0.0229. The number of rotatable bonds is 6. The summed E-state index contributed by atoms with van der Waals surface area (Å²) < 4.78 is 26.5. The lowest BCUT2D eigenvalue weighted by Crippen LogP contribution is -2.33. The minimum atomic E-state index is -3.70. The predicted octanol–water partition coefficient (Wildman–Crippen LogP) is 2.81. The smallest absolute Gasteiger partial charge is 0.258 e. The topological polar surface area (TPSA) is 80.5 Å². The fourth-order valence-electron chi connectivity index (χ4n) is 2.01. The van der Waals surface area contributed by atoms with Crippen LogP contribution < -0.4 is 0 Å². The van der Waals surface area contributed by atoms with Crippen molar-refractivity contribution in [3.63, 3.8) is 0 Å². The fraction of sp³-hybridized carbons (Fsp3) is 0.500. The van der Waals surface area contributed by atoms with Gasteiger partial charge in [-0.3, -0.25) is 10.1 Å². The highest BCUT2D eigenvalue weighted by Crippen LogP contribution is 2.34. The molecular formula is C12H15ClN2O4S. The Morgan fingerprint density at radius 1 is 1.45 bits per heavy atom. The van der Waals surface area contributed by atoms with E-state index >= 15 is 0 Å². The average Bonchev–Trinajstić information content (AvgIpc) is 3.19. The van der Waals surface area contributed by atoms with Crippen LogP contribution >= 0.6 is 11.6 Å². The number of benzene rings is 1. The zero-order valence-electron chi connectivity index (χ0n) is 11.0. The van der Waals surface area contributed by atoms with Crippen LogP contribution in [-0.4, -0.2) is 30.2 Å². The largest absolute Gasteiger partial charge is 0.289 e. The first-order valence-electron chi connectivity index (χ1n) is 6.33. The molecule has 2 rings (SSSR count). The lowest BCUT2D eigenvalue weighted by atomic mass is 10.3. The molecule has 0 atom stereocenters. The van der Waals surface area contributed by atoms with Gasteiger partial charge in [-0.05, 0) is 31.4 Å². The molecule has 1 aromatic rings. The second kappa shape index (κ2) is 5.67. The highest BCUT2D eigenvalue weighted by atomic mass is 35.5. The first kappa shape index (κ1) is 15.2. The van der Waals surface area contributed by atoms with Crippen molar-refractivity contribution in [1.82, 2.24) is 4.31 Å². The van der Waals surface area contributed by atoms with Gasteiger partial charge in [-0.1, -0.05) is 18.5 Å². The molecule has 0 saturated heterocycles. The van der Waals surface area contributed by atoms with Gasteiger partial charge in [0.1, 0.15) is 5.02 Å². The standard InChI is InChI=1S/C12H15ClN2O4S/c1-2-7-14(9-3-4-9)20(18,19)10-5-6-11(13)12(8-10)15(16)17/h5-6,8-9H,2-4,7H2,1H3. The number of halogens is 1. The van der Waals surface area contributed by atoms with Gasteiger partial charge < -0.3 is 0 Å². The normalized spacial score (nSPS) is 15.6. The highest BCUT2D eigenvalue weighted by Gasteiger charge is 2.38. The van der Waals surface area contributed by atoms with E-state index in [-0.39, 0.29) is 21.6 Å². The number of nitro groups is 1. The molecule has 0 heterocycles. The van der Waals surface area contributed by atoms with Crippen molar-refractivity contribution < 1.29 is 13.3 Å². The van der Waals surface area contributed by atoms with Crippen molar-refractivity contribution in [3.8, 4) is 0 Å². The van der Waals surface area contributed by atoms with Crippen molar-refractivity contribution in [2.24, 2.45) is 0 Å². The second-order valence-electron chi connectivity index (χ2n) is 4.72. The molecule has 1 saturated carbocycles. The lowest BCUT2D eigenvalue weighted by molar-refractivity contribution is -0.384.